The predicted molar refractivity (Wildman–Crippen MR) is 64.9 cm³/mol. The molecule has 3 nitrogen and oxygen atoms in total. The molecule has 0 unspecified atom stereocenters. The molecule has 1 aliphatic rings. The van der Waals surface area contributed by atoms with Gasteiger partial charge in [-0.3, -0.25) is 4.79 Å². The minimum Gasteiger partial charge on any atom is -0.463 e. The molecule has 1 aromatic heterocycles. The molecule has 84 valence electrons. The van der Waals surface area contributed by atoms with Crippen molar-refractivity contribution < 1.29 is 9.21 Å². The van der Waals surface area contributed by atoms with E-state index in [4.69, 9.17) is 10.2 Å². The van der Waals surface area contributed by atoms with E-state index in [-0.39, 0.29) is 5.78 Å². The van der Waals surface area contributed by atoms with Crippen molar-refractivity contribution in [3.05, 3.63) is 59.5 Å². The van der Waals surface area contributed by atoms with E-state index in [2.05, 4.69) is 0 Å². The van der Waals surface area contributed by atoms with Crippen LogP contribution in [0.3, 0.4) is 0 Å². The van der Waals surface area contributed by atoms with Gasteiger partial charge in [0.2, 0.25) is 0 Å². The van der Waals surface area contributed by atoms with E-state index in [1.54, 1.807) is 18.4 Å². The lowest BCUT2D eigenvalue weighted by Crippen LogP contribution is -2.04. The van der Waals surface area contributed by atoms with Crippen LogP contribution >= 0.6 is 0 Å². The summed E-state index contributed by atoms with van der Waals surface area (Å²) in [6.45, 7) is 0. The quantitative estimate of drug-likeness (QED) is 0.757. The first-order valence-electron chi connectivity index (χ1n) is 5.42. The summed E-state index contributed by atoms with van der Waals surface area (Å²) in [5.74, 6) is 0.602. The molecule has 0 fully saturated rings. The van der Waals surface area contributed by atoms with Gasteiger partial charge in [0.05, 0.1) is 17.5 Å². The van der Waals surface area contributed by atoms with Gasteiger partial charge in [-0.05, 0) is 23.3 Å². The average Bonchev–Trinajstić information content (AvgIpc) is 2.94. The van der Waals surface area contributed by atoms with Crippen molar-refractivity contribution in [1.29, 1.82) is 0 Å². The number of benzene rings is 1. The van der Waals surface area contributed by atoms with Gasteiger partial charge in [-0.1, -0.05) is 24.3 Å². The Balaban J connectivity index is 2.22. The zero-order valence-corrected chi connectivity index (χ0v) is 9.14. The van der Waals surface area contributed by atoms with Gasteiger partial charge in [0.25, 0.3) is 0 Å². The smallest absolute Gasteiger partial charge is 0.170 e. The number of fused-ring (bicyclic) bond motifs is 1. The fraction of sp³-hybridized carbons (Fsp3) is 0.0714. The molecule has 3 heteroatoms. The average molecular weight is 225 g/mol. The van der Waals surface area contributed by atoms with E-state index in [1.807, 2.05) is 24.3 Å². The molecule has 0 spiro atoms. The largest absolute Gasteiger partial charge is 0.463 e. The summed E-state index contributed by atoms with van der Waals surface area (Å²) >= 11 is 0. The van der Waals surface area contributed by atoms with E-state index < -0.39 is 0 Å². The fourth-order valence-electron chi connectivity index (χ4n) is 2.18. The summed E-state index contributed by atoms with van der Waals surface area (Å²) < 4.78 is 5.24. The highest BCUT2D eigenvalue weighted by atomic mass is 16.3. The summed E-state index contributed by atoms with van der Waals surface area (Å²) in [6.07, 6.45) is 1.97. The van der Waals surface area contributed by atoms with E-state index in [0.29, 0.717) is 23.5 Å². The molecular weight excluding hydrogens is 214 g/mol. The van der Waals surface area contributed by atoms with Crippen molar-refractivity contribution in [1.82, 2.24) is 0 Å². The highest BCUT2D eigenvalue weighted by molar-refractivity contribution is 6.31. The molecule has 1 aliphatic carbocycles. The Hall–Kier alpha value is -2.29. The molecular formula is C14H11NO2. The minimum absolute atomic E-state index is 0.0556. The lowest BCUT2D eigenvalue weighted by molar-refractivity contribution is -0.112. The van der Waals surface area contributed by atoms with Crippen LogP contribution in [-0.4, -0.2) is 5.78 Å². The van der Waals surface area contributed by atoms with Gasteiger partial charge >= 0.3 is 0 Å². The first-order valence-corrected chi connectivity index (χ1v) is 5.42. The van der Waals surface area contributed by atoms with Gasteiger partial charge in [-0.15, -0.1) is 0 Å². The van der Waals surface area contributed by atoms with E-state index >= 15 is 0 Å². The summed E-state index contributed by atoms with van der Waals surface area (Å²) in [5, 5.41) is 0. The molecule has 0 atom stereocenters. The minimum atomic E-state index is 0.0556. The van der Waals surface area contributed by atoms with Gasteiger partial charge in [-0.2, -0.15) is 0 Å². The number of ketones is 1. The molecule has 2 N–H and O–H groups in total. The molecule has 0 saturated heterocycles. The predicted octanol–water partition coefficient (Wildman–Crippen LogP) is 2.23. The van der Waals surface area contributed by atoms with E-state index in [1.165, 1.54) is 0 Å². The molecule has 0 aliphatic heterocycles. The molecule has 1 heterocycles. The molecule has 0 bridgehead atoms. The van der Waals surface area contributed by atoms with E-state index in [0.717, 1.165) is 11.1 Å². The lowest BCUT2D eigenvalue weighted by atomic mass is 10.0. The normalized spacial score (nSPS) is 17.1. The Bertz CT molecular complexity index is 609. The maximum Gasteiger partial charge on any atom is 0.170 e. The van der Waals surface area contributed by atoms with Crippen LogP contribution in [0, 0.1) is 0 Å². The van der Waals surface area contributed by atoms with Crippen LogP contribution in [0.25, 0.3) is 11.3 Å². The topological polar surface area (TPSA) is 56.2 Å². The van der Waals surface area contributed by atoms with Crippen LogP contribution in [-0.2, 0) is 11.2 Å². The van der Waals surface area contributed by atoms with Gasteiger partial charge in [0.15, 0.2) is 5.78 Å². The number of furan rings is 1. The molecule has 0 amide bonds. The number of rotatable bonds is 1. The van der Waals surface area contributed by atoms with Crippen LogP contribution in [0.4, 0.5) is 0 Å². The van der Waals surface area contributed by atoms with Gasteiger partial charge in [0, 0.05) is 6.42 Å². The molecule has 3 rings (SSSR count). The Morgan fingerprint density at radius 3 is 2.76 bits per heavy atom. The number of carbonyl (C=O) groups excluding carboxylic acids is 1. The number of hydrogen-bond donors (Lipinski definition) is 1. The summed E-state index contributed by atoms with van der Waals surface area (Å²) in [7, 11) is 0. The first-order chi connectivity index (χ1) is 8.27. The van der Waals surface area contributed by atoms with Crippen molar-refractivity contribution in [3.8, 4) is 0 Å². The monoisotopic (exact) mass is 225 g/mol. The number of Topliss-reactive ketones (excluding diaryl/α,β-unsaturated/α-hetero) is 1. The SMILES string of the molecule is N/C(=C1\C(=O)Cc2ccccc21)c1ccco1. The van der Waals surface area contributed by atoms with Crippen LogP contribution in [0.15, 0.2) is 47.1 Å². The molecule has 2 aromatic rings. The van der Waals surface area contributed by atoms with Gasteiger partial charge in [0.1, 0.15) is 5.76 Å². The van der Waals surface area contributed by atoms with Crippen molar-refractivity contribution >= 4 is 17.1 Å². The Morgan fingerprint density at radius 2 is 2.00 bits per heavy atom. The highest BCUT2D eigenvalue weighted by Crippen LogP contribution is 2.33. The van der Waals surface area contributed by atoms with Crippen molar-refractivity contribution in [2.75, 3.05) is 0 Å². The van der Waals surface area contributed by atoms with E-state index in [9.17, 15) is 4.79 Å². The first kappa shape index (κ1) is 9.90. The Kier molecular flexibility index (Phi) is 2.11. The molecule has 1 aromatic carbocycles. The zero-order chi connectivity index (χ0) is 11.8. The second-order valence-electron chi connectivity index (χ2n) is 4.02. The fourth-order valence-corrected chi connectivity index (χ4v) is 2.18. The molecule has 0 radical (unpaired) electrons. The van der Waals surface area contributed by atoms with Crippen molar-refractivity contribution in [2.45, 2.75) is 6.42 Å². The second kappa shape index (κ2) is 3.63. The number of nitrogens with two attached hydrogens (primary N) is 1. The highest BCUT2D eigenvalue weighted by Gasteiger charge is 2.27. The van der Waals surface area contributed by atoms with Crippen LogP contribution < -0.4 is 5.73 Å². The third-order valence-electron chi connectivity index (χ3n) is 2.97. The summed E-state index contributed by atoms with van der Waals surface area (Å²) in [6, 6.07) is 11.2. The van der Waals surface area contributed by atoms with Gasteiger partial charge < -0.3 is 10.2 Å². The van der Waals surface area contributed by atoms with Crippen LogP contribution in [0.2, 0.25) is 0 Å². The van der Waals surface area contributed by atoms with Crippen molar-refractivity contribution in [2.24, 2.45) is 5.73 Å². The maximum atomic E-state index is 12.0. The molecule has 0 saturated carbocycles. The second-order valence-corrected chi connectivity index (χ2v) is 4.02. The number of carbonyl (C=O) groups is 1. The lowest BCUT2D eigenvalue weighted by Gasteiger charge is -2.03. The third-order valence-corrected chi connectivity index (χ3v) is 2.97. The third kappa shape index (κ3) is 1.47. The van der Waals surface area contributed by atoms with Gasteiger partial charge in [-0.25, -0.2) is 0 Å². The standard InChI is InChI=1S/C14H11NO2/c15-14(12-6-3-7-17-12)13-10-5-2-1-4-9(10)8-11(13)16/h1-7H,8,15H2/b14-13-. The summed E-state index contributed by atoms with van der Waals surface area (Å²) in [4.78, 5) is 12.0. The van der Waals surface area contributed by atoms with Crippen molar-refractivity contribution in [3.63, 3.8) is 0 Å². The summed E-state index contributed by atoms with van der Waals surface area (Å²) in [5.41, 5.74) is 8.97. The zero-order valence-electron chi connectivity index (χ0n) is 9.14. The van der Waals surface area contributed by atoms with Crippen LogP contribution in [0.5, 0.6) is 0 Å². The number of hydrogen-bond acceptors (Lipinski definition) is 3. The Labute approximate surface area is 98.5 Å². The number of allylic oxidation sites excluding steroid dienone is 1. The van der Waals surface area contributed by atoms with Crippen LogP contribution in [0.1, 0.15) is 16.9 Å². The Morgan fingerprint density at radius 1 is 1.18 bits per heavy atom. The maximum absolute atomic E-state index is 12.0. The molecule has 17 heavy (non-hydrogen) atoms.